The lowest BCUT2D eigenvalue weighted by Gasteiger charge is -2.04. The SMILES string of the molecule is O=[N+]([O-])c1ccc(Sc2ccc(S)c([N+](=O)[O-])c2)c([N+](=O)[O-])c1. The van der Waals surface area contributed by atoms with Crippen molar-refractivity contribution in [1.29, 1.82) is 0 Å². The van der Waals surface area contributed by atoms with Crippen molar-refractivity contribution in [2.24, 2.45) is 0 Å². The van der Waals surface area contributed by atoms with Gasteiger partial charge in [0.2, 0.25) is 0 Å². The van der Waals surface area contributed by atoms with Crippen molar-refractivity contribution in [1.82, 2.24) is 0 Å². The van der Waals surface area contributed by atoms with E-state index in [4.69, 9.17) is 0 Å². The molecule has 2 aromatic rings. The molecule has 0 saturated heterocycles. The molecule has 0 aliphatic heterocycles. The van der Waals surface area contributed by atoms with Crippen LogP contribution >= 0.6 is 24.4 Å². The van der Waals surface area contributed by atoms with Crippen molar-refractivity contribution in [2.45, 2.75) is 14.7 Å². The lowest BCUT2D eigenvalue weighted by molar-refractivity contribution is -0.396. The van der Waals surface area contributed by atoms with Gasteiger partial charge in [0.1, 0.15) is 0 Å². The molecule has 0 fully saturated rings. The van der Waals surface area contributed by atoms with E-state index < -0.39 is 26.1 Å². The van der Waals surface area contributed by atoms with Gasteiger partial charge >= 0.3 is 0 Å². The van der Waals surface area contributed by atoms with Gasteiger partial charge in [-0.05, 0) is 18.2 Å². The number of nitrogens with zero attached hydrogens (tertiary/aromatic N) is 3. The van der Waals surface area contributed by atoms with Gasteiger partial charge < -0.3 is 0 Å². The smallest absolute Gasteiger partial charge is 0.258 e. The largest absolute Gasteiger partial charge is 0.290 e. The summed E-state index contributed by atoms with van der Waals surface area (Å²) < 4.78 is 0. The van der Waals surface area contributed by atoms with Gasteiger partial charge in [0, 0.05) is 17.0 Å². The van der Waals surface area contributed by atoms with Crippen LogP contribution < -0.4 is 0 Å². The Balaban J connectivity index is 2.44. The zero-order valence-corrected chi connectivity index (χ0v) is 12.8. The molecule has 0 spiro atoms. The highest BCUT2D eigenvalue weighted by Gasteiger charge is 2.21. The molecule has 0 atom stereocenters. The summed E-state index contributed by atoms with van der Waals surface area (Å²) in [5.41, 5.74) is -1.08. The quantitative estimate of drug-likeness (QED) is 0.491. The first-order valence-electron chi connectivity index (χ1n) is 5.87. The number of non-ortho nitro benzene ring substituents is 1. The van der Waals surface area contributed by atoms with Crippen molar-refractivity contribution in [3.05, 3.63) is 66.7 Å². The average molecular weight is 353 g/mol. The summed E-state index contributed by atoms with van der Waals surface area (Å²) >= 11 is 4.87. The Morgan fingerprint density at radius 2 is 1.48 bits per heavy atom. The number of rotatable bonds is 5. The maximum absolute atomic E-state index is 11.1. The van der Waals surface area contributed by atoms with Gasteiger partial charge in [-0.1, -0.05) is 11.8 Å². The summed E-state index contributed by atoms with van der Waals surface area (Å²) in [7, 11) is 0. The summed E-state index contributed by atoms with van der Waals surface area (Å²) in [6.45, 7) is 0. The average Bonchev–Trinajstić information content (AvgIpc) is 2.48. The van der Waals surface area contributed by atoms with Crippen LogP contribution in [0.2, 0.25) is 0 Å². The maximum atomic E-state index is 11.1. The molecule has 0 aliphatic carbocycles. The Kier molecular flexibility index (Phi) is 4.81. The standard InChI is InChI=1S/C12H7N3O6S2/c16-13(17)7-1-4-12(10(5-7)15(20)21)23-8-2-3-11(22)9(6-8)14(18)19/h1-6,22H. The highest BCUT2D eigenvalue weighted by Crippen LogP contribution is 2.38. The number of benzene rings is 2. The molecular weight excluding hydrogens is 346 g/mol. The molecule has 118 valence electrons. The normalized spacial score (nSPS) is 10.3. The minimum absolute atomic E-state index is 0.141. The number of thiol groups is 1. The van der Waals surface area contributed by atoms with Crippen molar-refractivity contribution in [3.63, 3.8) is 0 Å². The predicted octanol–water partition coefficient (Wildman–Crippen LogP) is 3.85. The lowest BCUT2D eigenvalue weighted by Crippen LogP contribution is -1.95. The fourth-order valence-corrected chi connectivity index (χ4v) is 2.84. The van der Waals surface area contributed by atoms with Crippen molar-refractivity contribution in [2.75, 3.05) is 0 Å². The molecule has 0 aromatic heterocycles. The first-order chi connectivity index (χ1) is 10.8. The van der Waals surface area contributed by atoms with Crippen LogP contribution in [0.25, 0.3) is 0 Å². The first-order valence-corrected chi connectivity index (χ1v) is 7.14. The first kappa shape index (κ1) is 16.7. The zero-order chi connectivity index (χ0) is 17.1. The maximum Gasteiger partial charge on any atom is 0.290 e. The van der Waals surface area contributed by atoms with E-state index in [1.807, 2.05) is 0 Å². The minimum Gasteiger partial charge on any atom is -0.258 e. The molecule has 0 bridgehead atoms. The number of hydrogen-bond acceptors (Lipinski definition) is 8. The Bertz CT molecular complexity index is 826. The van der Waals surface area contributed by atoms with Crippen LogP contribution in [0.15, 0.2) is 51.1 Å². The minimum atomic E-state index is -0.739. The predicted molar refractivity (Wildman–Crippen MR) is 84.2 cm³/mol. The van der Waals surface area contributed by atoms with E-state index in [1.54, 1.807) is 0 Å². The van der Waals surface area contributed by atoms with Crippen molar-refractivity contribution >= 4 is 41.5 Å². The summed E-state index contributed by atoms with van der Waals surface area (Å²) in [4.78, 5) is 31.2. The molecule has 0 saturated carbocycles. The van der Waals surface area contributed by atoms with E-state index in [9.17, 15) is 30.3 Å². The third-order valence-electron chi connectivity index (χ3n) is 2.72. The van der Waals surface area contributed by atoms with Gasteiger partial charge in [0.05, 0.1) is 30.6 Å². The number of hydrogen-bond donors (Lipinski definition) is 1. The monoisotopic (exact) mass is 353 g/mol. The van der Waals surface area contributed by atoms with Crippen LogP contribution in [0.3, 0.4) is 0 Å². The molecule has 0 radical (unpaired) electrons. The molecule has 0 amide bonds. The van der Waals surface area contributed by atoms with Crippen LogP contribution in [-0.4, -0.2) is 14.8 Å². The van der Waals surface area contributed by atoms with E-state index >= 15 is 0 Å². The van der Waals surface area contributed by atoms with E-state index in [1.165, 1.54) is 24.3 Å². The molecule has 11 heteroatoms. The molecular formula is C12H7N3O6S2. The van der Waals surface area contributed by atoms with Crippen LogP contribution in [-0.2, 0) is 0 Å². The Labute approximate surface area is 138 Å². The summed E-state index contributed by atoms with van der Waals surface area (Å²) in [5, 5.41) is 32.6. The number of nitro groups is 3. The van der Waals surface area contributed by atoms with E-state index in [0.717, 1.165) is 23.9 Å². The highest BCUT2D eigenvalue weighted by atomic mass is 32.2. The molecule has 2 rings (SSSR count). The summed E-state index contributed by atoms with van der Waals surface area (Å²) in [6.07, 6.45) is 0. The van der Waals surface area contributed by atoms with Gasteiger partial charge in [-0.3, -0.25) is 30.3 Å². The van der Waals surface area contributed by atoms with Crippen LogP contribution in [0.1, 0.15) is 0 Å². The number of nitro benzene ring substituents is 3. The topological polar surface area (TPSA) is 129 Å². The molecule has 0 aliphatic rings. The van der Waals surface area contributed by atoms with E-state index in [0.29, 0.717) is 4.90 Å². The molecule has 9 nitrogen and oxygen atoms in total. The van der Waals surface area contributed by atoms with Gasteiger partial charge in [0.25, 0.3) is 17.1 Å². The Hall–Kier alpha value is -2.66. The van der Waals surface area contributed by atoms with Crippen LogP contribution in [0, 0.1) is 30.3 Å². The Morgan fingerprint density at radius 3 is 2.04 bits per heavy atom. The summed E-state index contributed by atoms with van der Waals surface area (Å²) in [6, 6.07) is 7.38. The third kappa shape index (κ3) is 3.76. The molecule has 0 unspecified atom stereocenters. The second kappa shape index (κ2) is 6.62. The van der Waals surface area contributed by atoms with Crippen molar-refractivity contribution in [3.8, 4) is 0 Å². The molecule has 0 heterocycles. The van der Waals surface area contributed by atoms with Crippen LogP contribution in [0.4, 0.5) is 17.1 Å². The van der Waals surface area contributed by atoms with Gasteiger partial charge in [0.15, 0.2) is 0 Å². The second-order valence-electron chi connectivity index (χ2n) is 4.18. The summed E-state index contributed by atoms with van der Waals surface area (Å²) in [5.74, 6) is 0. The van der Waals surface area contributed by atoms with Crippen molar-refractivity contribution < 1.29 is 14.8 Å². The lowest BCUT2D eigenvalue weighted by atomic mass is 10.3. The highest BCUT2D eigenvalue weighted by molar-refractivity contribution is 7.99. The van der Waals surface area contributed by atoms with Gasteiger partial charge in [-0.25, -0.2) is 0 Å². The van der Waals surface area contributed by atoms with Gasteiger partial charge in [-0.2, -0.15) is 0 Å². The van der Waals surface area contributed by atoms with Gasteiger partial charge in [-0.15, -0.1) is 12.6 Å². The van der Waals surface area contributed by atoms with E-state index in [-0.39, 0.29) is 15.5 Å². The molecule has 0 N–H and O–H groups in total. The van der Waals surface area contributed by atoms with Crippen LogP contribution in [0.5, 0.6) is 0 Å². The fourth-order valence-electron chi connectivity index (χ4n) is 1.69. The fraction of sp³-hybridized carbons (Fsp3) is 0. The third-order valence-corrected chi connectivity index (χ3v) is 4.15. The zero-order valence-electron chi connectivity index (χ0n) is 11.1. The second-order valence-corrected chi connectivity index (χ2v) is 5.77. The molecule has 23 heavy (non-hydrogen) atoms. The Morgan fingerprint density at radius 1 is 0.826 bits per heavy atom. The molecule has 2 aromatic carbocycles. The van der Waals surface area contributed by atoms with E-state index in [2.05, 4.69) is 12.6 Å².